The monoisotopic (exact) mass is 238 g/mol. The van der Waals surface area contributed by atoms with Crippen LogP contribution in [0.1, 0.15) is 12.8 Å². The van der Waals surface area contributed by atoms with Gasteiger partial charge in [0.15, 0.2) is 5.82 Å². The lowest BCUT2D eigenvalue weighted by Gasteiger charge is -2.32. The average Bonchev–Trinajstić information content (AvgIpc) is 2.34. The first-order valence-corrected chi connectivity index (χ1v) is 5.79. The number of anilines is 2. The van der Waals surface area contributed by atoms with Crippen molar-refractivity contribution in [2.24, 2.45) is 5.92 Å². The molecule has 0 amide bonds. The van der Waals surface area contributed by atoms with E-state index < -0.39 is 0 Å². The van der Waals surface area contributed by atoms with Crippen molar-refractivity contribution >= 4 is 11.5 Å². The molecule has 6 nitrogen and oxygen atoms in total. The first kappa shape index (κ1) is 11.9. The van der Waals surface area contributed by atoms with Gasteiger partial charge in [-0.2, -0.15) is 0 Å². The number of nitrogens with zero attached hydrogens (tertiary/aromatic N) is 2. The van der Waals surface area contributed by atoms with Crippen LogP contribution in [0.15, 0.2) is 11.1 Å². The summed E-state index contributed by atoms with van der Waals surface area (Å²) in [6.45, 7) is 2.54. The Hall–Kier alpha value is -1.56. The largest absolute Gasteiger partial charge is 0.391 e. The normalized spacial score (nSPS) is 17.4. The van der Waals surface area contributed by atoms with E-state index in [1.165, 1.54) is 6.33 Å². The molecule has 1 saturated heterocycles. The lowest BCUT2D eigenvalue weighted by Crippen LogP contribution is -2.37. The van der Waals surface area contributed by atoms with E-state index in [1.807, 2.05) is 0 Å². The number of hydrogen-bond donors (Lipinski definition) is 2. The van der Waals surface area contributed by atoms with E-state index in [9.17, 15) is 4.79 Å². The molecule has 0 atom stereocenters. The zero-order chi connectivity index (χ0) is 12.3. The van der Waals surface area contributed by atoms with E-state index >= 15 is 0 Å². The SMILES string of the molecule is COCC1CCN(c2nc[nH]c(=O)c2N)CC1. The fourth-order valence-electron chi connectivity index (χ4n) is 2.20. The zero-order valence-corrected chi connectivity index (χ0v) is 9.98. The van der Waals surface area contributed by atoms with Gasteiger partial charge >= 0.3 is 0 Å². The lowest BCUT2D eigenvalue weighted by atomic mass is 9.98. The zero-order valence-electron chi connectivity index (χ0n) is 9.98. The number of nitrogens with two attached hydrogens (primary N) is 1. The molecule has 0 unspecified atom stereocenters. The molecule has 94 valence electrons. The fourth-order valence-corrected chi connectivity index (χ4v) is 2.20. The van der Waals surface area contributed by atoms with Crippen LogP contribution in [0.2, 0.25) is 0 Å². The third kappa shape index (κ3) is 2.58. The summed E-state index contributed by atoms with van der Waals surface area (Å²) in [6.07, 6.45) is 3.48. The van der Waals surface area contributed by atoms with Crippen molar-refractivity contribution in [3.63, 3.8) is 0 Å². The number of rotatable bonds is 3. The van der Waals surface area contributed by atoms with Gasteiger partial charge in [0.05, 0.1) is 6.33 Å². The maximum absolute atomic E-state index is 11.4. The van der Waals surface area contributed by atoms with Gasteiger partial charge in [-0.25, -0.2) is 4.98 Å². The van der Waals surface area contributed by atoms with Crippen molar-refractivity contribution in [2.75, 3.05) is 37.4 Å². The Morgan fingerprint density at radius 2 is 2.29 bits per heavy atom. The maximum atomic E-state index is 11.4. The molecule has 0 aromatic carbocycles. The van der Waals surface area contributed by atoms with Gasteiger partial charge in [0.1, 0.15) is 5.69 Å². The van der Waals surface area contributed by atoms with Crippen LogP contribution in [0.4, 0.5) is 11.5 Å². The summed E-state index contributed by atoms with van der Waals surface area (Å²) in [7, 11) is 1.72. The number of ether oxygens (including phenoxy) is 1. The molecule has 6 heteroatoms. The summed E-state index contributed by atoms with van der Waals surface area (Å²) in [4.78, 5) is 20.1. The second-order valence-electron chi connectivity index (χ2n) is 4.35. The highest BCUT2D eigenvalue weighted by Crippen LogP contribution is 2.23. The number of hydrogen-bond acceptors (Lipinski definition) is 5. The maximum Gasteiger partial charge on any atom is 0.276 e. The topological polar surface area (TPSA) is 84.2 Å². The van der Waals surface area contributed by atoms with Gasteiger partial charge in [-0.1, -0.05) is 0 Å². The van der Waals surface area contributed by atoms with Gasteiger partial charge in [-0.3, -0.25) is 4.79 Å². The number of aromatic amines is 1. The minimum Gasteiger partial charge on any atom is -0.391 e. The Labute approximate surface area is 99.8 Å². The van der Waals surface area contributed by atoms with Crippen LogP contribution in [-0.2, 0) is 4.74 Å². The van der Waals surface area contributed by atoms with E-state index in [-0.39, 0.29) is 11.2 Å². The quantitative estimate of drug-likeness (QED) is 0.786. The molecule has 0 spiro atoms. The summed E-state index contributed by atoms with van der Waals surface area (Å²) < 4.78 is 5.15. The number of H-pyrrole nitrogens is 1. The molecule has 2 rings (SSSR count). The van der Waals surface area contributed by atoms with Crippen LogP contribution in [0.25, 0.3) is 0 Å². The highest BCUT2D eigenvalue weighted by atomic mass is 16.5. The van der Waals surface area contributed by atoms with E-state index in [4.69, 9.17) is 10.5 Å². The van der Waals surface area contributed by atoms with Crippen molar-refractivity contribution in [2.45, 2.75) is 12.8 Å². The molecular weight excluding hydrogens is 220 g/mol. The molecule has 0 radical (unpaired) electrons. The predicted octanol–water partition coefficient (Wildman–Crippen LogP) is 0.215. The Bertz CT molecular complexity index is 424. The van der Waals surface area contributed by atoms with Crippen LogP contribution in [-0.4, -0.2) is 36.8 Å². The van der Waals surface area contributed by atoms with Crippen LogP contribution < -0.4 is 16.2 Å². The smallest absolute Gasteiger partial charge is 0.276 e. The number of aromatic nitrogens is 2. The third-order valence-electron chi connectivity index (χ3n) is 3.18. The molecule has 1 aliphatic rings. The Balaban J connectivity index is 2.05. The lowest BCUT2D eigenvalue weighted by molar-refractivity contribution is 0.139. The fraction of sp³-hybridized carbons (Fsp3) is 0.636. The van der Waals surface area contributed by atoms with Gasteiger partial charge in [-0.05, 0) is 18.8 Å². The van der Waals surface area contributed by atoms with E-state index in [1.54, 1.807) is 7.11 Å². The summed E-state index contributed by atoms with van der Waals surface area (Å²) in [6, 6.07) is 0. The standard InChI is InChI=1S/C11H18N4O2/c1-17-6-8-2-4-15(5-3-8)10-9(12)11(16)14-7-13-10/h7-8H,2-6,12H2,1H3,(H,13,14,16). The van der Waals surface area contributed by atoms with Gasteiger partial charge in [0, 0.05) is 26.8 Å². The third-order valence-corrected chi connectivity index (χ3v) is 3.18. The molecule has 1 aliphatic heterocycles. The highest BCUT2D eigenvalue weighted by molar-refractivity contribution is 5.60. The van der Waals surface area contributed by atoms with Gasteiger partial charge in [-0.15, -0.1) is 0 Å². The van der Waals surface area contributed by atoms with Crippen molar-refractivity contribution in [1.29, 1.82) is 0 Å². The van der Waals surface area contributed by atoms with E-state index in [0.29, 0.717) is 11.7 Å². The number of piperidine rings is 1. The van der Waals surface area contributed by atoms with Crippen molar-refractivity contribution in [3.05, 3.63) is 16.7 Å². The van der Waals surface area contributed by atoms with Crippen molar-refractivity contribution in [1.82, 2.24) is 9.97 Å². The van der Waals surface area contributed by atoms with Crippen LogP contribution in [0.3, 0.4) is 0 Å². The molecule has 0 aliphatic carbocycles. The summed E-state index contributed by atoms with van der Waals surface area (Å²) >= 11 is 0. The molecule has 0 bridgehead atoms. The molecule has 3 N–H and O–H groups in total. The van der Waals surface area contributed by atoms with Crippen molar-refractivity contribution in [3.8, 4) is 0 Å². The first-order chi connectivity index (χ1) is 8.22. The van der Waals surface area contributed by atoms with Crippen molar-refractivity contribution < 1.29 is 4.74 Å². The molecule has 1 aromatic rings. The molecule has 1 fully saturated rings. The Morgan fingerprint density at radius 3 is 2.94 bits per heavy atom. The number of nitrogens with one attached hydrogen (secondary N) is 1. The molecular formula is C11H18N4O2. The van der Waals surface area contributed by atoms with Crippen LogP contribution in [0.5, 0.6) is 0 Å². The summed E-state index contributed by atoms with van der Waals surface area (Å²) in [5, 5.41) is 0. The van der Waals surface area contributed by atoms with Gasteiger partial charge in [0.2, 0.25) is 0 Å². The van der Waals surface area contributed by atoms with Crippen LogP contribution >= 0.6 is 0 Å². The first-order valence-electron chi connectivity index (χ1n) is 5.79. The molecule has 17 heavy (non-hydrogen) atoms. The van der Waals surface area contributed by atoms with Crippen LogP contribution in [0, 0.1) is 5.92 Å². The second-order valence-corrected chi connectivity index (χ2v) is 4.35. The highest BCUT2D eigenvalue weighted by Gasteiger charge is 2.21. The molecule has 2 heterocycles. The van der Waals surface area contributed by atoms with E-state index in [0.717, 1.165) is 32.5 Å². The number of methoxy groups -OCH3 is 1. The Kier molecular flexibility index (Phi) is 3.63. The van der Waals surface area contributed by atoms with E-state index in [2.05, 4.69) is 14.9 Å². The summed E-state index contributed by atoms with van der Waals surface area (Å²) in [5.74, 6) is 1.20. The molecule has 0 saturated carbocycles. The minimum atomic E-state index is -0.269. The van der Waals surface area contributed by atoms with Gasteiger partial charge in [0.25, 0.3) is 5.56 Å². The predicted molar refractivity (Wildman–Crippen MR) is 66.1 cm³/mol. The number of nitrogen functional groups attached to an aromatic ring is 1. The Morgan fingerprint density at radius 1 is 1.59 bits per heavy atom. The molecule has 1 aromatic heterocycles. The van der Waals surface area contributed by atoms with Gasteiger partial charge < -0.3 is 20.4 Å². The second kappa shape index (κ2) is 5.18. The minimum absolute atomic E-state index is 0.206. The summed E-state index contributed by atoms with van der Waals surface area (Å²) in [5.41, 5.74) is 5.67. The average molecular weight is 238 g/mol.